The molecule has 0 saturated heterocycles. The number of methoxy groups -OCH3 is 1. The van der Waals surface area contributed by atoms with Gasteiger partial charge in [0.05, 0.1) is 5.56 Å². The summed E-state index contributed by atoms with van der Waals surface area (Å²) in [7, 11) is 1.60. The van der Waals surface area contributed by atoms with Crippen LogP contribution in [0, 0.1) is 0 Å². The van der Waals surface area contributed by atoms with Crippen molar-refractivity contribution in [1.29, 1.82) is 0 Å². The minimum Gasteiger partial charge on any atom is -0.373 e. The average molecular weight is 332 g/mol. The molecule has 0 bridgehead atoms. The molecule has 20 heavy (non-hydrogen) atoms. The van der Waals surface area contributed by atoms with E-state index in [1.807, 2.05) is 25.1 Å². The van der Waals surface area contributed by atoms with Crippen LogP contribution in [0.5, 0.6) is 0 Å². The van der Waals surface area contributed by atoms with E-state index in [0.29, 0.717) is 22.0 Å². The SMILES string of the molecule is CCC(OC)c1nc(Cl)c(-c2ccccc2Cl)c(Cl)n1. The number of nitrogens with zero attached hydrogens (tertiary/aromatic N) is 2. The fourth-order valence-corrected chi connectivity index (χ4v) is 2.74. The number of hydrogen-bond donors (Lipinski definition) is 0. The Morgan fingerprint density at radius 3 is 2.20 bits per heavy atom. The minimum absolute atomic E-state index is 0.231. The lowest BCUT2D eigenvalue weighted by Crippen LogP contribution is -2.07. The zero-order valence-corrected chi connectivity index (χ0v) is 13.3. The lowest BCUT2D eigenvalue weighted by atomic mass is 10.1. The molecule has 3 nitrogen and oxygen atoms in total. The van der Waals surface area contributed by atoms with Crippen LogP contribution in [0.2, 0.25) is 15.3 Å². The van der Waals surface area contributed by atoms with Crippen molar-refractivity contribution in [3.63, 3.8) is 0 Å². The summed E-state index contributed by atoms with van der Waals surface area (Å²) in [4.78, 5) is 8.56. The Kier molecular flexibility index (Phi) is 5.22. The Balaban J connectivity index is 2.55. The molecule has 1 aromatic carbocycles. The molecule has 0 amide bonds. The topological polar surface area (TPSA) is 35.0 Å². The molecule has 0 aliphatic heterocycles. The number of halogens is 3. The maximum absolute atomic E-state index is 6.25. The lowest BCUT2D eigenvalue weighted by Gasteiger charge is -2.14. The van der Waals surface area contributed by atoms with Gasteiger partial charge in [0.15, 0.2) is 5.82 Å². The van der Waals surface area contributed by atoms with Gasteiger partial charge in [-0.2, -0.15) is 0 Å². The zero-order chi connectivity index (χ0) is 14.7. The van der Waals surface area contributed by atoms with Gasteiger partial charge >= 0.3 is 0 Å². The molecular weight excluding hydrogens is 319 g/mol. The molecule has 2 aromatic rings. The summed E-state index contributed by atoms with van der Waals surface area (Å²) in [5, 5.41) is 1.08. The van der Waals surface area contributed by atoms with Crippen molar-refractivity contribution in [1.82, 2.24) is 9.97 Å². The van der Waals surface area contributed by atoms with Crippen LogP contribution < -0.4 is 0 Å². The van der Waals surface area contributed by atoms with Gasteiger partial charge in [0, 0.05) is 17.7 Å². The van der Waals surface area contributed by atoms with E-state index in [1.54, 1.807) is 13.2 Å². The molecule has 6 heteroatoms. The molecule has 0 fully saturated rings. The first-order chi connectivity index (χ1) is 9.58. The zero-order valence-electron chi connectivity index (χ0n) is 11.0. The first-order valence-corrected chi connectivity index (χ1v) is 7.22. The summed E-state index contributed by atoms with van der Waals surface area (Å²) in [6, 6.07) is 7.28. The summed E-state index contributed by atoms with van der Waals surface area (Å²) in [6.07, 6.45) is 0.500. The van der Waals surface area contributed by atoms with Crippen molar-refractivity contribution in [3.05, 3.63) is 45.4 Å². The Morgan fingerprint density at radius 2 is 1.70 bits per heavy atom. The van der Waals surface area contributed by atoms with E-state index in [1.165, 1.54) is 0 Å². The van der Waals surface area contributed by atoms with E-state index >= 15 is 0 Å². The van der Waals surface area contributed by atoms with E-state index in [4.69, 9.17) is 39.5 Å². The first-order valence-electron chi connectivity index (χ1n) is 6.09. The fourth-order valence-electron chi connectivity index (χ4n) is 1.91. The van der Waals surface area contributed by atoms with Gasteiger partial charge < -0.3 is 4.74 Å². The quantitative estimate of drug-likeness (QED) is 0.722. The van der Waals surface area contributed by atoms with Gasteiger partial charge in [-0.05, 0) is 12.5 Å². The molecule has 0 aliphatic rings. The Labute approximate surface area is 132 Å². The third-order valence-electron chi connectivity index (χ3n) is 2.92. The van der Waals surface area contributed by atoms with Crippen molar-refractivity contribution < 1.29 is 4.74 Å². The van der Waals surface area contributed by atoms with Crippen LogP contribution in [0.1, 0.15) is 25.3 Å². The number of hydrogen-bond acceptors (Lipinski definition) is 3. The second-order valence-corrected chi connectivity index (χ2v) is 5.27. The van der Waals surface area contributed by atoms with E-state index < -0.39 is 0 Å². The third-order valence-corrected chi connectivity index (χ3v) is 3.80. The predicted molar refractivity (Wildman–Crippen MR) is 82.5 cm³/mol. The third kappa shape index (κ3) is 3.07. The van der Waals surface area contributed by atoms with Crippen molar-refractivity contribution >= 4 is 34.8 Å². The van der Waals surface area contributed by atoms with Gasteiger partial charge in [0.1, 0.15) is 16.4 Å². The van der Waals surface area contributed by atoms with Crippen LogP contribution in [-0.2, 0) is 4.74 Å². The predicted octanol–water partition coefficient (Wildman–Crippen LogP) is 5.20. The normalized spacial score (nSPS) is 12.4. The van der Waals surface area contributed by atoms with E-state index in [-0.39, 0.29) is 16.4 Å². The largest absolute Gasteiger partial charge is 0.373 e. The molecule has 0 aliphatic carbocycles. The summed E-state index contributed by atoms with van der Waals surface area (Å²) in [5.74, 6) is 0.473. The van der Waals surface area contributed by atoms with Crippen molar-refractivity contribution in [2.45, 2.75) is 19.4 Å². The van der Waals surface area contributed by atoms with Crippen LogP contribution in [0.25, 0.3) is 11.1 Å². The highest BCUT2D eigenvalue weighted by Gasteiger charge is 2.19. The van der Waals surface area contributed by atoms with Gasteiger partial charge in [-0.25, -0.2) is 9.97 Å². The molecule has 1 unspecified atom stereocenters. The Hall–Kier alpha value is -0.870. The van der Waals surface area contributed by atoms with Crippen molar-refractivity contribution in [3.8, 4) is 11.1 Å². The summed E-state index contributed by atoms with van der Waals surface area (Å²) < 4.78 is 5.30. The van der Waals surface area contributed by atoms with Crippen LogP contribution in [-0.4, -0.2) is 17.1 Å². The molecule has 0 radical (unpaired) electrons. The summed E-state index contributed by atoms with van der Waals surface area (Å²) in [5.41, 5.74) is 1.25. The second-order valence-electron chi connectivity index (χ2n) is 4.15. The van der Waals surface area contributed by atoms with Gasteiger partial charge in [-0.3, -0.25) is 0 Å². The highest BCUT2D eigenvalue weighted by atomic mass is 35.5. The molecule has 1 aromatic heterocycles. The number of ether oxygens (including phenoxy) is 1. The van der Waals surface area contributed by atoms with E-state index in [9.17, 15) is 0 Å². The van der Waals surface area contributed by atoms with Crippen LogP contribution in [0.3, 0.4) is 0 Å². The molecule has 0 saturated carbocycles. The molecular formula is C14H13Cl3N2O. The maximum Gasteiger partial charge on any atom is 0.160 e. The monoisotopic (exact) mass is 330 g/mol. The first kappa shape index (κ1) is 15.5. The van der Waals surface area contributed by atoms with Gasteiger partial charge in [0.25, 0.3) is 0 Å². The molecule has 106 valence electrons. The van der Waals surface area contributed by atoms with Gasteiger partial charge in [-0.15, -0.1) is 0 Å². The van der Waals surface area contributed by atoms with Crippen LogP contribution >= 0.6 is 34.8 Å². The molecule has 2 rings (SSSR count). The molecule has 1 atom stereocenters. The van der Waals surface area contributed by atoms with Crippen molar-refractivity contribution in [2.75, 3.05) is 7.11 Å². The number of rotatable bonds is 4. The lowest BCUT2D eigenvalue weighted by molar-refractivity contribution is 0.0926. The standard InChI is InChI=1S/C14H13Cl3N2O/c1-3-10(20-2)14-18-12(16)11(13(17)19-14)8-6-4-5-7-9(8)15/h4-7,10H,3H2,1-2H3. The molecule has 0 spiro atoms. The molecule has 0 N–H and O–H groups in total. The fraction of sp³-hybridized carbons (Fsp3) is 0.286. The summed E-state index contributed by atoms with van der Waals surface area (Å²) in [6.45, 7) is 1.97. The van der Waals surface area contributed by atoms with Gasteiger partial charge in [-0.1, -0.05) is 59.9 Å². The number of aromatic nitrogens is 2. The average Bonchev–Trinajstić information content (AvgIpc) is 2.41. The highest BCUT2D eigenvalue weighted by molar-refractivity contribution is 6.40. The van der Waals surface area contributed by atoms with Crippen LogP contribution in [0.15, 0.2) is 24.3 Å². The van der Waals surface area contributed by atoms with E-state index in [0.717, 1.165) is 6.42 Å². The van der Waals surface area contributed by atoms with Gasteiger partial charge in [0.2, 0.25) is 0 Å². The number of benzene rings is 1. The van der Waals surface area contributed by atoms with Crippen molar-refractivity contribution in [2.24, 2.45) is 0 Å². The second kappa shape index (κ2) is 6.72. The summed E-state index contributed by atoms with van der Waals surface area (Å²) >= 11 is 18.7. The maximum atomic E-state index is 6.25. The Bertz CT molecular complexity index is 592. The smallest absolute Gasteiger partial charge is 0.160 e. The highest BCUT2D eigenvalue weighted by Crippen LogP contribution is 2.37. The molecule has 1 heterocycles. The Morgan fingerprint density at radius 1 is 1.10 bits per heavy atom. The van der Waals surface area contributed by atoms with E-state index in [2.05, 4.69) is 9.97 Å². The van der Waals surface area contributed by atoms with Crippen LogP contribution in [0.4, 0.5) is 0 Å². The minimum atomic E-state index is -0.231.